The van der Waals surface area contributed by atoms with Crippen molar-refractivity contribution in [1.82, 2.24) is 4.90 Å². The van der Waals surface area contributed by atoms with Crippen molar-refractivity contribution in [3.05, 3.63) is 0 Å². The number of carboxylic acid groups (broad SMARTS) is 1. The van der Waals surface area contributed by atoms with Gasteiger partial charge in [-0.15, -0.1) is 0 Å². The third-order valence-electron chi connectivity index (χ3n) is 1.25. The highest BCUT2D eigenvalue weighted by Crippen LogP contribution is 2.04. The van der Waals surface area contributed by atoms with Gasteiger partial charge in [0.05, 0.1) is 0 Å². The third kappa shape index (κ3) is 3.34. The molecule has 1 saturated heterocycles. The minimum absolute atomic E-state index is 0.428. The molecule has 1 aliphatic rings. The van der Waals surface area contributed by atoms with Gasteiger partial charge in [-0.3, -0.25) is 4.90 Å². The molecule has 1 atom stereocenters. The molecule has 1 unspecified atom stereocenters. The van der Waals surface area contributed by atoms with Gasteiger partial charge in [-0.2, -0.15) is 0 Å². The summed E-state index contributed by atoms with van der Waals surface area (Å²) in [7, 11) is 1.82. The molecule has 0 radical (unpaired) electrons. The summed E-state index contributed by atoms with van der Waals surface area (Å²) in [5.74, 6) is -0.876. The zero-order valence-electron chi connectivity index (χ0n) is 7.20. The van der Waals surface area contributed by atoms with Gasteiger partial charge < -0.3 is 9.84 Å². The highest BCUT2D eigenvalue weighted by atomic mass is 16.5. The number of hydrogen-bond acceptors (Lipinski definition) is 3. The fourth-order valence-electron chi connectivity index (χ4n) is 0.755. The maximum absolute atomic E-state index is 10.2. The Morgan fingerprint density at radius 1 is 1.64 bits per heavy atom. The number of rotatable bonds is 1. The van der Waals surface area contributed by atoms with Gasteiger partial charge in [0.25, 0.3) is 0 Å². The maximum atomic E-state index is 10.2. The first-order chi connectivity index (χ1) is 5.20. The molecule has 1 fully saturated rings. The lowest BCUT2D eigenvalue weighted by atomic mass is 10.4. The van der Waals surface area contributed by atoms with Gasteiger partial charge >= 0.3 is 5.97 Å². The van der Waals surface area contributed by atoms with Crippen LogP contribution in [0.1, 0.15) is 13.8 Å². The average Bonchev–Trinajstić information content (AvgIpc) is 2.40. The van der Waals surface area contributed by atoms with Crippen molar-refractivity contribution in [2.75, 3.05) is 20.3 Å². The minimum atomic E-state index is -0.876. The van der Waals surface area contributed by atoms with Gasteiger partial charge in [0.15, 0.2) is 6.10 Å². The quantitative estimate of drug-likeness (QED) is 0.604. The zero-order valence-corrected chi connectivity index (χ0v) is 7.20. The fourth-order valence-corrected chi connectivity index (χ4v) is 0.755. The van der Waals surface area contributed by atoms with Crippen molar-refractivity contribution < 1.29 is 14.6 Å². The number of carboxylic acids is 1. The standard InChI is InChI=1S/C5H9NO3.C2H6/c1-6-2-4(5(7)8)9-3-6;1-2/h4H,2-3H2,1H3,(H,7,8);1-2H3. The molecular formula is C7H15NO3. The molecule has 0 aromatic rings. The van der Waals surface area contributed by atoms with Crippen molar-refractivity contribution in [3.63, 3.8) is 0 Å². The molecule has 0 bridgehead atoms. The number of likely N-dealkylation sites (N-methyl/N-ethyl adjacent to an activating group) is 1. The average molecular weight is 161 g/mol. The minimum Gasteiger partial charge on any atom is -0.479 e. The van der Waals surface area contributed by atoms with Crippen molar-refractivity contribution in [2.24, 2.45) is 0 Å². The highest BCUT2D eigenvalue weighted by Gasteiger charge is 2.25. The van der Waals surface area contributed by atoms with E-state index in [1.807, 2.05) is 25.8 Å². The molecule has 1 N–H and O–H groups in total. The molecule has 4 nitrogen and oxygen atoms in total. The van der Waals surface area contributed by atoms with E-state index >= 15 is 0 Å². The van der Waals surface area contributed by atoms with Gasteiger partial charge in [0.2, 0.25) is 0 Å². The predicted octanol–water partition coefficient (Wildman–Crippen LogP) is 0.385. The normalized spacial score (nSPS) is 24.1. The largest absolute Gasteiger partial charge is 0.479 e. The first-order valence-electron chi connectivity index (χ1n) is 3.73. The van der Waals surface area contributed by atoms with Crippen molar-refractivity contribution in [2.45, 2.75) is 20.0 Å². The summed E-state index contributed by atoms with van der Waals surface area (Å²) < 4.78 is 4.85. The Morgan fingerprint density at radius 2 is 2.18 bits per heavy atom. The maximum Gasteiger partial charge on any atom is 0.334 e. The monoisotopic (exact) mass is 161 g/mol. The van der Waals surface area contributed by atoms with Crippen LogP contribution in [0.5, 0.6) is 0 Å². The van der Waals surface area contributed by atoms with E-state index in [0.29, 0.717) is 13.3 Å². The topological polar surface area (TPSA) is 49.8 Å². The molecule has 1 rings (SSSR count). The SMILES string of the molecule is CC.CN1COC(C(=O)O)C1. The van der Waals surface area contributed by atoms with E-state index in [4.69, 9.17) is 9.84 Å². The molecule has 0 saturated carbocycles. The van der Waals surface area contributed by atoms with Gasteiger partial charge in [-0.1, -0.05) is 13.8 Å². The molecule has 1 aliphatic heterocycles. The predicted molar refractivity (Wildman–Crippen MR) is 41.4 cm³/mol. The second-order valence-corrected chi connectivity index (χ2v) is 2.16. The summed E-state index contributed by atoms with van der Waals surface area (Å²) >= 11 is 0. The lowest BCUT2D eigenvalue weighted by Crippen LogP contribution is -2.24. The Morgan fingerprint density at radius 3 is 2.36 bits per heavy atom. The third-order valence-corrected chi connectivity index (χ3v) is 1.25. The van der Waals surface area contributed by atoms with Gasteiger partial charge in [-0.05, 0) is 7.05 Å². The van der Waals surface area contributed by atoms with Crippen LogP contribution in [0.25, 0.3) is 0 Å². The van der Waals surface area contributed by atoms with Crippen LogP contribution in [0.2, 0.25) is 0 Å². The van der Waals surface area contributed by atoms with Crippen LogP contribution in [0, 0.1) is 0 Å². The molecule has 1 heterocycles. The second-order valence-electron chi connectivity index (χ2n) is 2.16. The van der Waals surface area contributed by atoms with Crippen LogP contribution in [0.15, 0.2) is 0 Å². The van der Waals surface area contributed by atoms with Gasteiger partial charge in [0.1, 0.15) is 6.73 Å². The molecule has 0 spiro atoms. The summed E-state index contributed by atoms with van der Waals surface area (Å²) in [6.07, 6.45) is -0.616. The summed E-state index contributed by atoms with van der Waals surface area (Å²) in [5, 5.41) is 8.38. The number of carbonyl (C=O) groups is 1. The molecule has 66 valence electrons. The summed E-state index contributed by atoms with van der Waals surface area (Å²) in [4.78, 5) is 12.0. The molecule has 11 heavy (non-hydrogen) atoms. The van der Waals surface area contributed by atoms with Gasteiger partial charge in [0, 0.05) is 6.54 Å². The van der Waals surface area contributed by atoms with Crippen LogP contribution in [0.4, 0.5) is 0 Å². The number of ether oxygens (including phenoxy) is 1. The smallest absolute Gasteiger partial charge is 0.334 e. The van der Waals surface area contributed by atoms with Gasteiger partial charge in [-0.25, -0.2) is 4.79 Å². The second kappa shape index (κ2) is 5.09. The molecular weight excluding hydrogens is 146 g/mol. The summed E-state index contributed by atoms with van der Waals surface area (Å²) in [6, 6.07) is 0. The molecule has 0 aromatic heterocycles. The number of nitrogens with zero attached hydrogens (tertiary/aromatic N) is 1. The molecule has 0 aliphatic carbocycles. The van der Waals surface area contributed by atoms with Crippen molar-refractivity contribution >= 4 is 5.97 Å². The van der Waals surface area contributed by atoms with Crippen LogP contribution in [0.3, 0.4) is 0 Å². The van der Waals surface area contributed by atoms with Crippen LogP contribution in [-0.4, -0.2) is 42.4 Å². The molecule has 0 amide bonds. The lowest BCUT2D eigenvalue weighted by Gasteiger charge is -2.00. The molecule has 0 aromatic carbocycles. The Labute approximate surface area is 66.8 Å². The Hall–Kier alpha value is -0.610. The Kier molecular flexibility index (Phi) is 4.81. The van der Waals surface area contributed by atoms with Crippen molar-refractivity contribution in [3.8, 4) is 0 Å². The van der Waals surface area contributed by atoms with Crippen LogP contribution < -0.4 is 0 Å². The fraction of sp³-hybridized carbons (Fsp3) is 0.857. The van der Waals surface area contributed by atoms with E-state index < -0.39 is 12.1 Å². The van der Waals surface area contributed by atoms with E-state index in [1.54, 1.807) is 0 Å². The zero-order chi connectivity index (χ0) is 8.85. The van der Waals surface area contributed by atoms with E-state index in [2.05, 4.69) is 0 Å². The van der Waals surface area contributed by atoms with E-state index in [0.717, 1.165) is 0 Å². The number of aliphatic carboxylic acids is 1. The van der Waals surface area contributed by atoms with Crippen LogP contribution in [-0.2, 0) is 9.53 Å². The summed E-state index contributed by atoms with van der Waals surface area (Å²) in [6.45, 7) is 4.92. The Bertz CT molecular complexity index is 127. The number of hydrogen-bond donors (Lipinski definition) is 1. The molecule has 4 heteroatoms. The Balaban J connectivity index is 0.000000461. The summed E-state index contributed by atoms with van der Waals surface area (Å²) in [5.41, 5.74) is 0. The van der Waals surface area contributed by atoms with Crippen molar-refractivity contribution in [1.29, 1.82) is 0 Å². The first kappa shape index (κ1) is 10.4. The van der Waals surface area contributed by atoms with E-state index in [1.165, 1.54) is 0 Å². The van der Waals surface area contributed by atoms with E-state index in [-0.39, 0.29) is 0 Å². The first-order valence-corrected chi connectivity index (χ1v) is 3.73. The lowest BCUT2D eigenvalue weighted by molar-refractivity contribution is -0.146. The van der Waals surface area contributed by atoms with Crippen LogP contribution >= 0.6 is 0 Å². The van der Waals surface area contributed by atoms with E-state index in [9.17, 15) is 4.79 Å². The highest BCUT2D eigenvalue weighted by molar-refractivity contribution is 5.72.